The highest BCUT2D eigenvalue weighted by atomic mass is 79.9. The molecule has 6 rings (SSSR count). The van der Waals surface area contributed by atoms with Gasteiger partial charge in [-0.25, -0.2) is 14.8 Å². The third kappa shape index (κ3) is 7.79. The molecule has 0 aliphatic heterocycles. The van der Waals surface area contributed by atoms with Crippen molar-refractivity contribution < 1.29 is 44.3 Å². The number of ether oxygens (including phenoxy) is 2. The standard InChI is InChI=1S/C18H13BrN2O5.C16H10BrNO4/c19-17-12-7-6-11(26-10-4-2-1-3-5-10)8-13(12)16(24)15(21-17)18(25)20-9-14(22)23;17-15-11-7-6-10(22-9-4-2-1-3-5-9)8-12(11)14(19)13(18-15)16(20)21/h1-8,24H,9H2,(H,20,25)(H,22,23);1-8,19H,(H,20,21). The molecule has 0 fully saturated rings. The van der Waals surface area contributed by atoms with Crippen LogP contribution < -0.4 is 14.8 Å². The van der Waals surface area contributed by atoms with Crippen LogP contribution in [0.15, 0.2) is 106 Å². The Morgan fingerprint density at radius 2 is 1.04 bits per heavy atom. The van der Waals surface area contributed by atoms with Gasteiger partial charge in [0.2, 0.25) is 0 Å². The number of carboxylic acids is 2. The van der Waals surface area contributed by atoms with Crippen LogP contribution in [0.2, 0.25) is 0 Å². The van der Waals surface area contributed by atoms with E-state index < -0.39 is 30.1 Å². The summed E-state index contributed by atoms with van der Waals surface area (Å²) in [7, 11) is 0. The molecule has 0 saturated carbocycles. The summed E-state index contributed by atoms with van der Waals surface area (Å²) in [6.07, 6.45) is 0. The summed E-state index contributed by atoms with van der Waals surface area (Å²) in [6.45, 7) is -0.577. The van der Waals surface area contributed by atoms with Crippen LogP contribution in [-0.4, -0.2) is 54.8 Å². The lowest BCUT2D eigenvalue weighted by atomic mass is 10.1. The number of aromatic hydroxyl groups is 2. The summed E-state index contributed by atoms with van der Waals surface area (Å²) >= 11 is 6.48. The molecule has 0 unspecified atom stereocenters. The van der Waals surface area contributed by atoms with E-state index in [1.54, 1.807) is 60.7 Å². The highest BCUT2D eigenvalue weighted by Gasteiger charge is 2.20. The SMILES string of the molecule is O=C(O)CNC(=O)c1nc(Br)c2ccc(Oc3ccccc3)cc2c1O.O=C(O)c1nc(Br)c2ccc(Oc3ccccc3)cc2c1O. The molecule has 2 aromatic heterocycles. The lowest BCUT2D eigenvalue weighted by Crippen LogP contribution is -2.30. The number of halogens is 2. The van der Waals surface area contributed by atoms with Crippen molar-refractivity contribution in [2.75, 3.05) is 6.54 Å². The van der Waals surface area contributed by atoms with Crippen molar-refractivity contribution in [2.24, 2.45) is 0 Å². The van der Waals surface area contributed by atoms with E-state index in [0.29, 0.717) is 53.7 Å². The molecular weight excluding hydrogens is 754 g/mol. The van der Waals surface area contributed by atoms with Gasteiger partial charge < -0.3 is 35.2 Å². The first kappa shape index (κ1) is 33.6. The Balaban J connectivity index is 0.000000190. The summed E-state index contributed by atoms with van der Waals surface area (Å²) in [6, 6.07) is 28.3. The quantitative estimate of drug-likeness (QED) is 0.0963. The van der Waals surface area contributed by atoms with Crippen molar-refractivity contribution in [3.05, 3.63) is 118 Å². The van der Waals surface area contributed by atoms with Crippen molar-refractivity contribution >= 4 is 71.3 Å². The number of nitrogens with zero attached hydrogens (tertiary/aromatic N) is 2. The van der Waals surface area contributed by atoms with Crippen LogP contribution in [-0.2, 0) is 4.79 Å². The molecular formula is C34H23Br2N3O9. The zero-order chi connectivity index (χ0) is 34.4. The van der Waals surface area contributed by atoms with Gasteiger partial charge in [-0.3, -0.25) is 9.59 Å². The lowest BCUT2D eigenvalue weighted by Gasteiger charge is -2.11. The first-order valence-corrected chi connectivity index (χ1v) is 15.4. The van der Waals surface area contributed by atoms with Crippen LogP contribution in [0.5, 0.6) is 34.5 Å². The highest BCUT2D eigenvalue weighted by molar-refractivity contribution is 9.10. The lowest BCUT2D eigenvalue weighted by molar-refractivity contribution is -0.135. The molecule has 0 spiro atoms. The number of para-hydroxylation sites is 2. The molecule has 0 saturated heterocycles. The molecule has 242 valence electrons. The first-order chi connectivity index (χ1) is 23.0. The maximum atomic E-state index is 12.1. The summed E-state index contributed by atoms with van der Waals surface area (Å²) in [4.78, 5) is 41.7. The van der Waals surface area contributed by atoms with E-state index in [9.17, 15) is 24.6 Å². The Bertz CT molecular complexity index is 2170. The van der Waals surface area contributed by atoms with Crippen LogP contribution >= 0.6 is 31.9 Å². The number of fused-ring (bicyclic) bond motifs is 2. The number of aromatic nitrogens is 2. The molecule has 0 aliphatic rings. The van der Waals surface area contributed by atoms with Crippen LogP contribution in [0.1, 0.15) is 21.0 Å². The van der Waals surface area contributed by atoms with Crippen molar-refractivity contribution in [2.45, 2.75) is 0 Å². The fourth-order valence-corrected chi connectivity index (χ4v) is 5.45. The molecule has 0 atom stereocenters. The molecule has 2 heterocycles. The molecule has 5 N–H and O–H groups in total. The van der Waals surface area contributed by atoms with E-state index in [-0.39, 0.29) is 17.2 Å². The highest BCUT2D eigenvalue weighted by Crippen LogP contribution is 2.37. The summed E-state index contributed by atoms with van der Waals surface area (Å²) in [5, 5.41) is 42.4. The minimum Gasteiger partial charge on any atom is -0.505 e. The Morgan fingerprint density at radius 3 is 1.48 bits per heavy atom. The van der Waals surface area contributed by atoms with Gasteiger partial charge in [-0.1, -0.05) is 36.4 Å². The van der Waals surface area contributed by atoms with Crippen LogP contribution in [0.4, 0.5) is 0 Å². The van der Waals surface area contributed by atoms with Crippen LogP contribution in [0.25, 0.3) is 21.5 Å². The molecule has 48 heavy (non-hydrogen) atoms. The average Bonchev–Trinajstić information content (AvgIpc) is 3.08. The van der Waals surface area contributed by atoms with Crippen LogP contribution in [0, 0.1) is 0 Å². The third-order valence-corrected chi connectivity index (χ3v) is 7.79. The van der Waals surface area contributed by atoms with Gasteiger partial charge in [-0.2, -0.15) is 0 Å². The fraction of sp³-hybridized carbons (Fsp3) is 0.0294. The van der Waals surface area contributed by atoms with E-state index in [1.807, 2.05) is 36.4 Å². The molecule has 6 aromatic rings. The van der Waals surface area contributed by atoms with E-state index in [1.165, 1.54) is 0 Å². The summed E-state index contributed by atoms with van der Waals surface area (Å²) in [5.74, 6) is -1.80. The molecule has 0 bridgehead atoms. The van der Waals surface area contributed by atoms with Gasteiger partial charge >= 0.3 is 11.9 Å². The normalized spacial score (nSPS) is 10.5. The topological polar surface area (TPSA) is 188 Å². The number of carbonyl (C=O) groups excluding carboxylic acids is 1. The Labute approximate surface area is 288 Å². The number of amides is 1. The third-order valence-electron chi connectivity index (χ3n) is 6.58. The number of benzene rings is 4. The van der Waals surface area contributed by atoms with Gasteiger partial charge in [0.25, 0.3) is 5.91 Å². The van der Waals surface area contributed by atoms with Gasteiger partial charge in [-0.05, 0) is 92.5 Å². The van der Waals surface area contributed by atoms with Crippen LogP contribution in [0.3, 0.4) is 0 Å². The number of rotatable bonds is 8. The van der Waals surface area contributed by atoms with E-state index in [2.05, 4.69) is 47.1 Å². The molecule has 1 amide bonds. The minimum absolute atomic E-state index is 0.275. The van der Waals surface area contributed by atoms with E-state index in [0.717, 1.165) is 0 Å². The molecule has 4 aromatic carbocycles. The largest absolute Gasteiger partial charge is 0.505 e. The number of carboxylic acid groups (broad SMARTS) is 2. The smallest absolute Gasteiger partial charge is 0.358 e. The zero-order valence-electron chi connectivity index (χ0n) is 24.4. The molecule has 0 radical (unpaired) electrons. The fourth-order valence-electron chi connectivity index (χ4n) is 4.40. The van der Waals surface area contributed by atoms with Crippen molar-refractivity contribution in [1.29, 1.82) is 0 Å². The minimum atomic E-state index is -1.30. The van der Waals surface area contributed by atoms with Gasteiger partial charge in [0.15, 0.2) is 22.9 Å². The average molecular weight is 777 g/mol. The van der Waals surface area contributed by atoms with Gasteiger partial charge in [0.1, 0.15) is 38.7 Å². The van der Waals surface area contributed by atoms with Crippen molar-refractivity contribution in [3.8, 4) is 34.5 Å². The number of carbonyl (C=O) groups is 3. The van der Waals surface area contributed by atoms with Gasteiger partial charge in [-0.15, -0.1) is 0 Å². The van der Waals surface area contributed by atoms with Crippen molar-refractivity contribution in [3.63, 3.8) is 0 Å². The second kappa shape index (κ2) is 14.8. The predicted octanol–water partition coefficient (Wildman–Crippen LogP) is 7.50. The number of hydrogen-bond acceptors (Lipinski definition) is 9. The summed E-state index contributed by atoms with van der Waals surface area (Å²) < 4.78 is 12.1. The number of hydrogen-bond donors (Lipinski definition) is 5. The maximum absolute atomic E-state index is 12.1. The second-order valence-corrected chi connectivity index (χ2v) is 11.3. The monoisotopic (exact) mass is 775 g/mol. The van der Waals surface area contributed by atoms with Gasteiger partial charge in [0, 0.05) is 21.5 Å². The van der Waals surface area contributed by atoms with E-state index in [4.69, 9.17) is 19.7 Å². The van der Waals surface area contributed by atoms with E-state index >= 15 is 0 Å². The number of nitrogens with one attached hydrogen (secondary N) is 1. The number of aliphatic carboxylic acids is 1. The maximum Gasteiger partial charge on any atom is 0.358 e. The number of aromatic carboxylic acids is 1. The Kier molecular flexibility index (Phi) is 10.4. The molecule has 0 aliphatic carbocycles. The van der Waals surface area contributed by atoms with Gasteiger partial charge in [0.05, 0.1) is 0 Å². The Hall–Kier alpha value is -5.73. The summed E-state index contributed by atoms with van der Waals surface area (Å²) in [5.41, 5.74) is -0.682. The predicted molar refractivity (Wildman–Crippen MR) is 182 cm³/mol. The first-order valence-electron chi connectivity index (χ1n) is 13.9. The number of pyridine rings is 2. The molecule has 12 nitrogen and oxygen atoms in total. The zero-order valence-corrected chi connectivity index (χ0v) is 27.6. The molecule has 14 heteroatoms. The second-order valence-electron chi connectivity index (χ2n) is 9.83. The van der Waals surface area contributed by atoms with Crippen molar-refractivity contribution in [1.82, 2.24) is 15.3 Å². The Morgan fingerprint density at radius 1 is 0.604 bits per heavy atom.